The van der Waals surface area contributed by atoms with E-state index in [9.17, 15) is 4.79 Å². The molecule has 1 N–H and O–H groups in total. The molecule has 0 aliphatic carbocycles. The molecule has 0 unspecified atom stereocenters. The van der Waals surface area contributed by atoms with Gasteiger partial charge in [-0.05, 0) is 37.3 Å². The van der Waals surface area contributed by atoms with Gasteiger partial charge in [0.2, 0.25) is 0 Å². The fourth-order valence-electron chi connectivity index (χ4n) is 1.90. The van der Waals surface area contributed by atoms with Gasteiger partial charge in [0.25, 0.3) is 0 Å². The summed E-state index contributed by atoms with van der Waals surface area (Å²) in [6, 6.07) is 12.4. The van der Waals surface area contributed by atoms with E-state index in [1.165, 1.54) is 0 Å². The Hall–Kier alpha value is -2.20. The zero-order chi connectivity index (χ0) is 15.2. The SMILES string of the molecule is CCOC(=O)c1ccccc1Nc1cc(Cl)ccc1OC. The van der Waals surface area contributed by atoms with Crippen molar-refractivity contribution in [2.24, 2.45) is 0 Å². The summed E-state index contributed by atoms with van der Waals surface area (Å²) in [6.07, 6.45) is 0. The average molecular weight is 306 g/mol. The van der Waals surface area contributed by atoms with Crippen molar-refractivity contribution in [2.45, 2.75) is 6.92 Å². The molecule has 4 nitrogen and oxygen atoms in total. The predicted molar refractivity (Wildman–Crippen MR) is 83.7 cm³/mol. The molecule has 2 aromatic carbocycles. The number of benzene rings is 2. The smallest absolute Gasteiger partial charge is 0.340 e. The van der Waals surface area contributed by atoms with E-state index < -0.39 is 0 Å². The van der Waals surface area contributed by atoms with Crippen LogP contribution in [0.2, 0.25) is 5.02 Å². The van der Waals surface area contributed by atoms with Crippen LogP contribution in [0, 0.1) is 0 Å². The number of rotatable bonds is 5. The predicted octanol–water partition coefficient (Wildman–Crippen LogP) is 4.27. The standard InChI is InChI=1S/C16H16ClNO3/c1-3-21-16(19)12-6-4-5-7-13(12)18-14-10-11(17)8-9-15(14)20-2/h4-10,18H,3H2,1-2H3. The number of nitrogens with one attached hydrogen (secondary N) is 1. The third-order valence-electron chi connectivity index (χ3n) is 2.85. The Labute approximate surface area is 128 Å². The van der Waals surface area contributed by atoms with E-state index in [0.29, 0.717) is 34.3 Å². The number of carbonyl (C=O) groups excluding carboxylic acids is 1. The molecule has 2 aromatic rings. The minimum Gasteiger partial charge on any atom is -0.495 e. The first-order valence-electron chi connectivity index (χ1n) is 6.52. The Morgan fingerprint density at radius 1 is 1.19 bits per heavy atom. The van der Waals surface area contributed by atoms with Gasteiger partial charge < -0.3 is 14.8 Å². The van der Waals surface area contributed by atoms with Crippen molar-refractivity contribution in [3.8, 4) is 5.75 Å². The first-order valence-corrected chi connectivity index (χ1v) is 6.90. The highest BCUT2D eigenvalue weighted by molar-refractivity contribution is 6.31. The Morgan fingerprint density at radius 2 is 1.95 bits per heavy atom. The zero-order valence-electron chi connectivity index (χ0n) is 11.9. The number of para-hydroxylation sites is 1. The number of hydrogen-bond donors (Lipinski definition) is 1. The minimum atomic E-state index is -0.374. The lowest BCUT2D eigenvalue weighted by Gasteiger charge is -2.14. The molecule has 0 amide bonds. The van der Waals surface area contributed by atoms with Crippen LogP contribution in [0.1, 0.15) is 17.3 Å². The third-order valence-corrected chi connectivity index (χ3v) is 3.09. The van der Waals surface area contributed by atoms with Crippen molar-refractivity contribution in [1.82, 2.24) is 0 Å². The number of hydrogen-bond acceptors (Lipinski definition) is 4. The first-order chi connectivity index (χ1) is 10.2. The number of ether oxygens (including phenoxy) is 2. The van der Waals surface area contributed by atoms with Crippen LogP contribution in [0.4, 0.5) is 11.4 Å². The van der Waals surface area contributed by atoms with E-state index in [4.69, 9.17) is 21.1 Å². The second-order valence-corrected chi connectivity index (χ2v) is 4.67. The van der Waals surface area contributed by atoms with E-state index in [1.54, 1.807) is 50.4 Å². The molecular weight excluding hydrogens is 290 g/mol. The van der Waals surface area contributed by atoms with Gasteiger partial charge in [-0.3, -0.25) is 0 Å². The fourth-order valence-corrected chi connectivity index (χ4v) is 2.07. The van der Waals surface area contributed by atoms with Crippen molar-refractivity contribution < 1.29 is 14.3 Å². The summed E-state index contributed by atoms with van der Waals surface area (Å²) in [5.74, 6) is 0.264. The maximum Gasteiger partial charge on any atom is 0.340 e. The van der Waals surface area contributed by atoms with Crippen LogP contribution in [0.15, 0.2) is 42.5 Å². The second-order valence-electron chi connectivity index (χ2n) is 4.24. The van der Waals surface area contributed by atoms with E-state index in [-0.39, 0.29) is 5.97 Å². The van der Waals surface area contributed by atoms with Crippen molar-refractivity contribution in [1.29, 1.82) is 0 Å². The van der Waals surface area contributed by atoms with Gasteiger partial charge in [-0.15, -0.1) is 0 Å². The van der Waals surface area contributed by atoms with Crippen LogP contribution in [0.5, 0.6) is 5.75 Å². The molecule has 0 aromatic heterocycles. The maximum atomic E-state index is 12.0. The molecule has 5 heteroatoms. The molecular formula is C16H16ClNO3. The number of halogens is 1. The Kier molecular flexibility index (Phi) is 5.06. The summed E-state index contributed by atoms with van der Waals surface area (Å²) in [5, 5.41) is 3.74. The van der Waals surface area contributed by atoms with Gasteiger partial charge in [-0.25, -0.2) is 4.79 Å². The van der Waals surface area contributed by atoms with Gasteiger partial charge in [0, 0.05) is 5.02 Å². The number of esters is 1. The van der Waals surface area contributed by atoms with E-state index in [2.05, 4.69) is 5.32 Å². The fraction of sp³-hybridized carbons (Fsp3) is 0.188. The lowest BCUT2D eigenvalue weighted by molar-refractivity contribution is 0.0527. The van der Waals surface area contributed by atoms with Crippen molar-refractivity contribution in [3.63, 3.8) is 0 Å². The number of methoxy groups -OCH3 is 1. The highest BCUT2D eigenvalue weighted by Crippen LogP contribution is 2.31. The van der Waals surface area contributed by atoms with Crippen molar-refractivity contribution in [2.75, 3.05) is 19.0 Å². The quantitative estimate of drug-likeness (QED) is 0.838. The molecule has 0 spiro atoms. The lowest BCUT2D eigenvalue weighted by Crippen LogP contribution is -2.08. The summed E-state index contributed by atoms with van der Waals surface area (Å²) in [5.41, 5.74) is 1.78. The molecule has 0 radical (unpaired) electrons. The first kappa shape index (κ1) is 15.2. The van der Waals surface area contributed by atoms with Crippen LogP contribution < -0.4 is 10.1 Å². The van der Waals surface area contributed by atoms with Crippen LogP contribution in [-0.4, -0.2) is 19.7 Å². The van der Waals surface area contributed by atoms with E-state index in [0.717, 1.165) is 0 Å². The molecule has 110 valence electrons. The third kappa shape index (κ3) is 3.67. The monoisotopic (exact) mass is 305 g/mol. The molecule has 0 bridgehead atoms. The topological polar surface area (TPSA) is 47.6 Å². The Bertz CT molecular complexity index is 643. The molecule has 0 aliphatic heterocycles. The van der Waals surface area contributed by atoms with Crippen molar-refractivity contribution in [3.05, 3.63) is 53.1 Å². The highest BCUT2D eigenvalue weighted by atomic mass is 35.5. The van der Waals surface area contributed by atoms with E-state index >= 15 is 0 Å². The van der Waals surface area contributed by atoms with Crippen LogP contribution in [-0.2, 0) is 4.74 Å². The molecule has 0 heterocycles. The van der Waals surface area contributed by atoms with Gasteiger partial charge in [0.1, 0.15) is 5.75 Å². The summed E-state index contributed by atoms with van der Waals surface area (Å²) < 4.78 is 10.3. The number of anilines is 2. The maximum absolute atomic E-state index is 12.0. The average Bonchev–Trinajstić information content (AvgIpc) is 2.48. The summed E-state index contributed by atoms with van der Waals surface area (Å²) in [4.78, 5) is 12.0. The zero-order valence-corrected chi connectivity index (χ0v) is 12.6. The van der Waals surface area contributed by atoms with Crippen LogP contribution in [0.25, 0.3) is 0 Å². The molecule has 0 atom stereocenters. The normalized spacial score (nSPS) is 10.0. The Morgan fingerprint density at radius 3 is 2.67 bits per heavy atom. The van der Waals surface area contributed by atoms with Gasteiger partial charge in [-0.2, -0.15) is 0 Å². The molecule has 0 fully saturated rings. The van der Waals surface area contributed by atoms with Gasteiger partial charge in [-0.1, -0.05) is 23.7 Å². The van der Waals surface area contributed by atoms with Gasteiger partial charge >= 0.3 is 5.97 Å². The lowest BCUT2D eigenvalue weighted by atomic mass is 10.1. The molecule has 0 aliphatic rings. The van der Waals surface area contributed by atoms with E-state index in [1.807, 2.05) is 6.07 Å². The summed E-state index contributed by atoms with van der Waals surface area (Å²) in [7, 11) is 1.58. The summed E-state index contributed by atoms with van der Waals surface area (Å²) in [6.45, 7) is 2.10. The highest BCUT2D eigenvalue weighted by Gasteiger charge is 2.13. The summed E-state index contributed by atoms with van der Waals surface area (Å²) >= 11 is 6.00. The van der Waals surface area contributed by atoms with Gasteiger partial charge in [0.15, 0.2) is 0 Å². The molecule has 2 rings (SSSR count). The van der Waals surface area contributed by atoms with Crippen LogP contribution >= 0.6 is 11.6 Å². The van der Waals surface area contributed by atoms with Crippen molar-refractivity contribution >= 4 is 28.9 Å². The second kappa shape index (κ2) is 6.99. The minimum absolute atomic E-state index is 0.327. The van der Waals surface area contributed by atoms with Crippen LogP contribution in [0.3, 0.4) is 0 Å². The molecule has 21 heavy (non-hydrogen) atoms. The molecule has 0 saturated heterocycles. The molecule has 0 saturated carbocycles. The largest absolute Gasteiger partial charge is 0.495 e. The number of carbonyl (C=O) groups is 1. The Balaban J connectivity index is 2.36. The van der Waals surface area contributed by atoms with Gasteiger partial charge in [0.05, 0.1) is 30.7 Å².